The first kappa shape index (κ1) is 18.8. The highest BCUT2D eigenvalue weighted by molar-refractivity contribution is 5.94. The summed E-state index contributed by atoms with van der Waals surface area (Å²) in [5, 5.41) is 5.60. The first-order chi connectivity index (χ1) is 12.0. The molecular formula is C18H26N4O3. The van der Waals surface area contributed by atoms with Gasteiger partial charge >= 0.3 is 12.1 Å². The van der Waals surface area contributed by atoms with Gasteiger partial charge in [0.25, 0.3) is 0 Å². The Bertz CT molecular complexity index is 645. The lowest BCUT2D eigenvalue weighted by molar-refractivity contribution is 0.145. The summed E-state index contributed by atoms with van der Waals surface area (Å²) in [6.07, 6.45) is 3.01. The van der Waals surface area contributed by atoms with Crippen LogP contribution in [0.3, 0.4) is 0 Å². The number of hydrogen-bond donors (Lipinski definition) is 2. The van der Waals surface area contributed by atoms with Crippen LogP contribution in [0, 0.1) is 0 Å². The maximum absolute atomic E-state index is 12.4. The number of urea groups is 2. The minimum atomic E-state index is -0.204. The third-order valence-corrected chi connectivity index (χ3v) is 3.89. The van der Waals surface area contributed by atoms with Crippen molar-refractivity contribution in [3.63, 3.8) is 0 Å². The molecule has 2 rings (SSSR count). The standard InChI is InChI=1S/C18H26N4O3/c1-4-19-17(23)22(3)16-9-5-8-15(11-16)20-18(24)21(2)12-14-7-6-10-25-13-14/h5,7-9,11H,4,6,10,12-13H2,1-3H3,(H,19,23)(H,20,24). The van der Waals surface area contributed by atoms with Gasteiger partial charge in [0.1, 0.15) is 0 Å². The van der Waals surface area contributed by atoms with E-state index in [2.05, 4.69) is 16.7 Å². The summed E-state index contributed by atoms with van der Waals surface area (Å²) in [5.41, 5.74) is 2.45. The summed E-state index contributed by atoms with van der Waals surface area (Å²) in [6, 6.07) is 6.79. The maximum Gasteiger partial charge on any atom is 0.321 e. The molecule has 1 aliphatic heterocycles. The van der Waals surface area contributed by atoms with Crippen molar-refractivity contribution < 1.29 is 14.3 Å². The van der Waals surface area contributed by atoms with E-state index >= 15 is 0 Å². The molecule has 4 amide bonds. The summed E-state index contributed by atoms with van der Waals surface area (Å²) in [6.45, 7) is 4.27. The largest absolute Gasteiger partial charge is 0.377 e. The molecule has 25 heavy (non-hydrogen) atoms. The predicted molar refractivity (Wildman–Crippen MR) is 99.1 cm³/mol. The third kappa shape index (κ3) is 5.49. The number of nitrogens with one attached hydrogen (secondary N) is 2. The SMILES string of the molecule is CCNC(=O)N(C)c1cccc(NC(=O)N(C)CC2=CCCOC2)c1. The molecule has 0 atom stereocenters. The van der Waals surface area contributed by atoms with Crippen molar-refractivity contribution in [3.8, 4) is 0 Å². The number of carbonyl (C=O) groups is 2. The van der Waals surface area contributed by atoms with Crippen LogP contribution < -0.4 is 15.5 Å². The zero-order chi connectivity index (χ0) is 18.2. The number of likely N-dealkylation sites (N-methyl/N-ethyl adjacent to an activating group) is 1. The third-order valence-electron chi connectivity index (χ3n) is 3.89. The van der Waals surface area contributed by atoms with Crippen LogP contribution in [0.4, 0.5) is 21.0 Å². The molecule has 1 aromatic carbocycles. The molecule has 1 aliphatic rings. The zero-order valence-corrected chi connectivity index (χ0v) is 15.0. The highest BCUT2D eigenvalue weighted by atomic mass is 16.5. The molecule has 1 aromatic rings. The van der Waals surface area contributed by atoms with E-state index in [1.54, 1.807) is 37.2 Å². The molecule has 7 heteroatoms. The first-order valence-corrected chi connectivity index (χ1v) is 8.40. The van der Waals surface area contributed by atoms with Crippen LogP contribution in [0.15, 0.2) is 35.9 Å². The zero-order valence-electron chi connectivity index (χ0n) is 15.0. The second-order valence-corrected chi connectivity index (χ2v) is 5.93. The van der Waals surface area contributed by atoms with E-state index < -0.39 is 0 Å². The summed E-state index contributed by atoms with van der Waals surface area (Å²) >= 11 is 0. The Morgan fingerprint density at radius 1 is 1.24 bits per heavy atom. The molecule has 136 valence electrons. The van der Waals surface area contributed by atoms with E-state index in [0.29, 0.717) is 31.1 Å². The monoisotopic (exact) mass is 346 g/mol. The van der Waals surface area contributed by atoms with Gasteiger partial charge in [0.15, 0.2) is 0 Å². The Morgan fingerprint density at radius 2 is 2.04 bits per heavy atom. The Balaban J connectivity index is 1.97. The molecule has 0 bridgehead atoms. The number of nitrogens with zero attached hydrogens (tertiary/aromatic N) is 2. The molecule has 0 aromatic heterocycles. The van der Waals surface area contributed by atoms with E-state index in [4.69, 9.17) is 4.74 Å². The minimum Gasteiger partial charge on any atom is -0.377 e. The summed E-state index contributed by atoms with van der Waals surface area (Å²) < 4.78 is 5.40. The lowest BCUT2D eigenvalue weighted by Crippen LogP contribution is -2.37. The highest BCUT2D eigenvalue weighted by Gasteiger charge is 2.14. The molecule has 0 fully saturated rings. The van der Waals surface area contributed by atoms with Crippen LogP contribution in [-0.4, -0.2) is 57.4 Å². The van der Waals surface area contributed by atoms with Gasteiger partial charge < -0.3 is 20.3 Å². The number of ether oxygens (including phenoxy) is 1. The second-order valence-electron chi connectivity index (χ2n) is 5.93. The van der Waals surface area contributed by atoms with Crippen molar-refractivity contribution in [2.24, 2.45) is 0 Å². The van der Waals surface area contributed by atoms with Gasteiger partial charge in [0.05, 0.1) is 13.2 Å². The fourth-order valence-electron chi connectivity index (χ4n) is 2.49. The number of benzene rings is 1. The number of amides is 4. The van der Waals surface area contributed by atoms with Crippen molar-refractivity contribution in [2.75, 3.05) is 50.6 Å². The van der Waals surface area contributed by atoms with E-state index in [-0.39, 0.29) is 12.1 Å². The molecule has 0 spiro atoms. The van der Waals surface area contributed by atoms with Gasteiger partial charge in [-0.25, -0.2) is 9.59 Å². The smallest absolute Gasteiger partial charge is 0.321 e. The molecule has 2 N–H and O–H groups in total. The minimum absolute atomic E-state index is 0.188. The maximum atomic E-state index is 12.4. The fraction of sp³-hybridized carbons (Fsp3) is 0.444. The van der Waals surface area contributed by atoms with Crippen molar-refractivity contribution in [1.29, 1.82) is 0 Å². The summed E-state index contributed by atoms with van der Waals surface area (Å²) in [5.74, 6) is 0. The predicted octanol–water partition coefficient (Wildman–Crippen LogP) is 2.66. The van der Waals surface area contributed by atoms with Crippen molar-refractivity contribution in [3.05, 3.63) is 35.9 Å². The van der Waals surface area contributed by atoms with Gasteiger partial charge in [-0.15, -0.1) is 0 Å². The van der Waals surface area contributed by atoms with Gasteiger partial charge in [-0.05, 0) is 37.1 Å². The van der Waals surface area contributed by atoms with Gasteiger partial charge in [-0.3, -0.25) is 4.90 Å². The van der Waals surface area contributed by atoms with Gasteiger partial charge in [-0.2, -0.15) is 0 Å². The topological polar surface area (TPSA) is 73.9 Å². The number of anilines is 2. The molecule has 7 nitrogen and oxygen atoms in total. The molecule has 1 heterocycles. The average Bonchev–Trinajstić information content (AvgIpc) is 2.62. The Labute approximate surface area is 148 Å². The summed E-state index contributed by atoms with van der Waals surface area (Å²) in [7, 11) is 3.43. The first-order valence-electron chi connectivity index (χ1n) is 8.40. The molecule has 0 aliphatic carbocycles. The van der Waals surface area contributed by atoms with E-state index in [1.165, 1.54) is 4.90 Å². The fourth-order valence-corrected chi connectivity index (χ4v) is 2.49. The Kier molecular flexibility index (Phi) is 6.82. The van der Waals surface area contributed by atoms with Crippen molar-refractivity contribution in [1.82, 2.24) is 10.2 Å². The number of rotatable bonds is 5. The number of carbonyl (C=O) groups excluding carboxylic acids is 2. The molecule has 0 unspecified atom stereocenters. The lowest BCUT2D eigenvalue weighted by Gasteiger charge is -2.22. The molecular weight excluding hydrogens is 320 g/mol. The van der Waals surface area contributed by atoms with Crippen LogP contribution in [0.5, 0.6) is 0 Å². The van der Waals surface area contributed by atoms with Crippen LogP contribution in [0.2, 0.25) is 0 Å². The molecule has 0 saturated carbocycles. The lowest BCUT2D eigenvalue weighted by atomic mass is 10.2. The van der Waals surface area contributed by atoms with Gasteiger partial charge in [0, 0.05) is 38.6 Å². The van der Waals surface area contributed by atoms with Crippen LogP contribution in [0.1, 0.15) is 13.3 Å². The van der Waals surface area contributed by atoms with Crippen LogP contribution in [0.25, 0.3) is 0 Å². The Hall–Kier alpha value is -2.54. The second kappa shape index (κ2) is 9.08. The van der Waals surface area contributed by atoms with Gasteiger partial charge in [0.2, 0.25) is 0 Å². The molecule has 0 saturated heterocycles. The average molecular weight is 346 g/mol. The van der Waals surface area contributed by atoms with Crippen LogP contribution >= 0.6 is 0 Å². The van der Waals surface area contributed by atoms with Crippen molar-refractivity contribution >= 4 is 23.4 Å². The highest BCUT2D eigenvalue weighted by Crippen LogP contribution is 2.19. The quantitative estimate of drug-likeness (QED) is 0.805. The van der Waals surface area contributed by atoms with E-state index in [1.807, 2.05) is 13.0 Å². The Morgan fingerprint density at radius 3 is 2.72 bits per heavy atom. The van der Waals surface area contributed by atoms with E-state index in [0.717, 1.165) is 18.6 Å². The molecule has 0 radical (unpaired) electrons. The van der Waals surface area contributed by atoms with E-state index in [9.17, 15) is 9.59 Å². The van der Waals surface area contributed by atoms with Crippen LogP contribution in [-0.2, 0) is 4.74 Å². The number of hydrogen-bond acceptors (Lipinski definition) is 3. The summed E-state index contributed by atoms with van der Waals surface area (Å²) in [4.78, 5) is 27.4. The van der Waals surface area contributed by atoms with Crippen molar-refractivity contribution in [2.45, 2.75) is 13.3 Å². The normalized spacial score (nSPS) is 13.6. The van der Waals surface area contributed by atoms with Gasteiger partial charge in [-0.1, -0.05) is 12.1 Å².